The third-order valence-corrected chi connectivity index (χ3v) is 8.81. The molecule has 0 radical (unpaired) electrons. The molecule has 0 amide bonds. The van der Waals surface area contributed by atoms with E-state index in [9.17, 15) is 9.59 Å². The standard InChI is InChI=1S/C35H37N3O3S/c1-3-41-34(40)21-24-38-23-19-32(36-38)25-28-26-37(22-20-33(28)42-27(2)39)35(29-13-7-4-8-14-29,30-15-9-5-10-16-30)31-17-11-6-12-18-31/h4-19,23,25,33H,3,20-22,24,26H2,1-2H3/b28-25-/t33-/m0/s1. The zero-order valence-electron chi connectivity index (χ0n) is 24.2. The number of thioether (sulfide) groups is 1. The summed E-state index contributed by atoms with van der Waals surface area (Å²) in [5.41, 5.74) is 5.03. The minimum Gasteiger partial charge on any atom is -0.466 e. The average Bonchev–Trinajstić information content (AvgIpc) is 3.46. The predicted octanol–water partition coefficient (Wildman–Crippen LogP) is 6.57. The number of hydrogen-bond donors (Lipinski definition) is 0. The Hall–Kier alpha value is -3.94. The van der Waals surface area contributed by atoms with E-state index < -0.39 is 5.54 Å². The molecule has 7 heteroatoms. The van der Waals surface area contributed by atoms with E-state index in [1.807, 2.05) is 12.3 Å². The Morgan fingerprint density at radius 2 is 1.50 bits per heavy atom. The third-order valence-electron chi connectivity index (χ3n) is 7.65. The second kappa shape index (κ2) is 13.8. The van der Waals surface area contributed by atoms with Crippen LogP contribution < -0.4 is 0 Å². The van der Waals surface area contributed by atoms with Crippen LogP contribution in [-0.2, 0) is 26.4 Å². The van der Waals surface area contributed by atoms with E-state index >= 15 is 0 Å². The van der Waals surface area contributed by atoms with Gasteiger partial charge in [0, 0.05) is 31.5 Å². The summed E-state index contributed by atoms with van der Waals surface area (Å²) in [6, 6.07) is 34.1. The van der Waals surface area contributed by atoms with Crippen molar-refractivity contribution < 1.29 is 14.3 Å². The van der Waals surface area contributed by atoms with Crippen LogP contribution in [0.1, 0.15) is 49.1 Å². The first-order valence-corrected chi connectivity index (χ1v) is 15.4. The topological polar surface area (TPSA) is 64.4 Å². The maximum Gasteiger partial charge on any atom is 0.307 e. The molecule has 1 aromatic heterocycles. The molecule has 0 unspecified atom stereocenters. The Morgan fingerprint density at radius 3 is 2.02 bits per heavy atom. The molecule has 6 nitrogen and oxygen atoms in total. The van der Waals surface area contributed by atoms with Gasteiger partial charge < -0.3 is 4.74 Å². The molecule has 1 atom stereocenters. The molecule has 0 bridgehead atoms. The van der Waals surface area contributed by atoms with E-state index in [0.29, 0.717) is 19.7 Å². The summed E-state index contributed by atoms with van der Waals surface area (Å²) in [5.74, 6) is -0.229. The van der Waals surface area contributed by atoms with Crippen molar-refractivity contribution >= 4 is 28.9 Å². The molecule has 0 spiro atoms. The van der Waals surface area contributed by atoms with Crippen LogP contribution in [-0.4, -0.2) is 50.7 Å². The Bertz CT molecular complexity index is 1410. The number of nitrogens with zero attached hydrogens (tertiary/aromatic N) is 3. The van der Waals surface area contributed by atoms with Crippen molar-refractivity contribution in [3.63, 3.8) is 0 Å². The highest BCUT2D eigenvalue weighted by molar-refractivity contribution is 8.14. The SMILES string of the molecule is CCOC(=O)CCn1ccc(/C=C2/CN(C(c3ccccc3)(c3ccccc3)c3ccccc3)CC[C@@H]2SC(C)=O)n1. The summed E-state index contributed by atoms with van der Waals surface area (Å²) < 4.78 is 6.84. The normalized spacial score (nSPS) is 16.8. The third kappa shape index (κ3) is 6.58. The molecule has 0 aliphatic carbocycles. The van der Waals surface area contributed by atoms with Gasteiger partial charge in [0.1, 0.15) is 0 Å². The van der Waals surface area contributed by atoms with Crippen molar-refractivity contribution in [2.24, 2.45) is 0 Å². The van der Waals surface area contributed by atoms with Gasteiger partial charge in [-0.05, 0) is 47.8 Å². The number of hydrogen-bond acceptors (Lipinski definition) is 6. The molecule has 1 saturated heterocycles. The summed E-state index contributed by atoms with van der Waals surface area (Å²) in [6.45, 7) is 5.76. The molecule has 0 N–H and O–H groups in total. The van der Waals surface area contributed by atoms with Crippen LogP contribution in [0.2, 0.25) is 0 Å². The molecular weight excluding hydrogens is 542 g/mol. The zero-order valence-corrected chi connectivity index (χ0v) is 25.0. The van der Waals surface area contributed by atoms with Crippen LogP contribution in [0.25, 0.3) is 6.08 Å². The van der Waals surface area contributed by atoms with Gasteiger partial charge in [-0.25, -0.2) is 0 Å². The number of aromatic nitrogens is 2. The fourth-order valence-corrected chi connectivity index (χ4v) is 6.83. The fourth-order valence-electron chi connectivity index (χ4n) is 5.91. The van der Waals surface area contributed by atoms with Crippen molar-refractivity contribution in [2.75, 3.05) is 19.7 Å². The van der Waals surface area contributed by atoms with Gasteiger partial charge in [0.15, 0.2) is 5.12 Å². The van der Waals surface area contributed by atoms with Gasteiger partial charge in [-0.2, -0.15) is 5.10 Å². The van der Waals surface area contributed by atoms with Crippen molar-refractivity contribution in [1.82, 2.24) is 14.7 Å². The Balaban J connectivity index is 1.56. The highest BCUT2D eigenvalue weighted by Gasteiger charge is 2.44. The van der Waals surface area contributed by atoms with Crippen LogP contribution >= 0.6 is 11.8 Å². The van der Waals surface area contributed by atoms with Crippen molar-refractivity contribution in [2.45, 2.75) is 44.0 Å². The molecule has 3 aromatic carbocycles. The van der Waals surface area contributed by atoms with E-state index in [1.54, 1.807) is 18.5 Å². The number of ether oxygens (including phenoxy) is 1. The molecule has 0 saturated carbocycles. The van der Waals surface area contributed by atoms with Gasteiger partial charge >= 0.3 is 5.97 Å². The molecule has 1 aliphatic heterocycles. The van der Waals surface area contributed by atoms with Crippen LogP contribution in [0.15, 0.2) is 109 Å². The van der Waals surface area contributed by atoms with Gasteiger partial charge in [0.2, 0.25) is 0 Å². The molecule has 216 valence electrons. The van der Waals surface area contributed by atoms with Crippen molar-refractivity contribution in [1.29, 1.82) is 0 Å². The first-order valence-electron chi connectivity index (χ1n) is 14.5. The number of carbonyl (C=O) groups excluding carboxylic acids is 2. The predicted molar refractivity (Wildman–Crippen MR) is 169 cm³/mol. The maximum absolute atomic E-state index is 12.3. The van der Waals surface area contributed by atoms with Gasteiger partial charge in [-0.3, -0.25) is 19.2 Å². The van der Waals surface area contributed by atoms with Crippen LogP contribution in [0, 0.1) is 0 Å². The van der Waals surface area contributed by atoms with Gasteiger partial charge in [0.25, 0.3) is 0 Å². The monoisotopic (exact) mass is 579 g/mol. The molecular formula is C35H37N3O3S. The molecule has 1 fully saturated rings. The van der Waals surface area contributed by atoms with Crippen molar-refractivity contribution in [3.8, 4) is 0 Å². The van der Waals surface area contributed by atoms with Gasteiger partial charge in [0.05, 0.1) is 30.8 Å². The number of rotatable bonds is 10. The van der Waals surface area contributed by atoms with Crippen molar-refractivity contribution in [3.05, 3.63) is 131 Å². The number of carbonyl (C=O) groups is 2. The second-order valence-corrected chi connectivity index (χ2v) is 11.8. The quantitative estimate of drug-likeness (QED) is 0.157. The van der Waals surface area contributed by atoms with Crippen LogP contribution in [0.5, 0.6) is 0 Å². The van der Waals surface area contributed by atoms with Crippen LogP contribution in [0.4, 0.5) is 0 Å². The van der Waals surface area contributed by atoms with E-state index in [1.165, 1.54) is 28.5 Å². The lowest BCUT2D eigenvalue weighted by molar-refractivity contribution is -0.143. The smallest absolute Gasteiger partial charge is 0.307 e. The number of benzene rings is 3. The minimum atomic E-state index is -0.534. The maximum atomic E-state index is 12.3. The van der Waals surface area contributed by atoms with Gasteiger partial charge in [-0.1, -0.05) is 103 Å². The average molecular weight is 580 g/mol. The van der Waals surface area contributed by atoms with E-state index in [2.05, 4.69) is 102 Å². The highest BCUT2D eigenvalue weighted by Crippen LogP contribution is 2.45. The Morgan fingerprint density at radius 1 is 0.929 bits per heavy atom. The second-order valence-electron chi connectivity index (χ2n) is 10.4. The summed E-state index contributed by atoms with van der Waals surface area (Å²) in [6.07, 6.45) is 5.12. The highest BCUT2D eigenvalue weighted by atomic mass is 32.2. The first-order chi connectivity index (χ1) is 20.5. The molecule has 42 heavy (non-hydrogen) atoms. The first kappa shape index (κ1) is 29.5. The van der Waals surface area contributed by atoms with E-state index in [0.717, 1.165) is 24.2 Å². The Kier molecular flexibility index (Phi) is 9.72. The van der Waals surface area contributed by atoms with E-state index in [4.69, 9.17) is 9.84 Å². The lowest BCUT2D eigenvalue weighted by Crippen LogP contribution is -2.52. The number of aryl methyl sites for hydroxylation is 1. The molecule has 5 rings (SSSR count). The summed E-state index contributed by atoms with van der Waals surface area (Å²) in [4.78, 5) is 26.7. The lowest BCUT2D eigenvalue weighted by atomic mass is 9.74. The van der Waals surface area contributed by atoms with Gasteiger partial charge in [-0.15, -0.1) is 0 Å². The molecule has 2 heterocycles. The summed E-state index contributed by atoms with van der Waals surface area (Å²) in [7, 11) is 0. The largest absolute Gasteiger partial charge is 0.466 e. The summed E-state index contributed by atoms with van der Waals surface area (Å²) in [5, 5.41) is 4.90. The number of esters is 1. The van der Waals surface area contributed by atoms with Crippen LogP contribution in [0.3, 0.4) is 0 Å². The zero-order chi connectivity index (χ0) is 29.4. The summed E-state index contributed by atoms with van der Waals surface area (Å²) >= 11 is 1.40. The molecule has 4 aromatic rings. The lowest BCUT2D eigenvalue weighted by Gasteiger charge is -2.49. The number of piperidine rings is 1. The minimum absolute atomic E-state index is 0.0588. The fraction of sp³-hybridized carbons (Fsp3) is 0.286. The Labute approximate surface area is 252 Å². The number of likely N-dealkylation sites (tertiary alicyclic amines) is 1. The molecule has 1 aliphatic rings. The van der Waals surface area contributed by atoms with E-state index in [-0.39, 0.29) is 22.8 Å².